The van der Waals surface area contributed by atoms with Crippen molar-refractivity contribution in [3.63, 3.8) is 0 Å². The minimum absolute atomic E-state index is 0.158. The van der Waals surface area contributed by atoms with Crippen molar-refractivity contribution in [1.29, 1.82) is 0 Å². The normalized spacial score (nSPS) is 13.9. The summed E-state index contributed by atoms with van der Waals surface area (Å²) in [5, 5.41) is 28.6. The second-order valence-electron chi connectivity index (χ2n) is 2.16. The third-order valence-electron chi connectivity index (χ3n) is 1.52. The summed E-state index contributed by atoms with van der Waals surface area (Å²) in [5.74, 6) is 0. The highest BCUT2D eigenvalue weighted by Crippen LogP contribution is 1.97. The van der Waals surface area contributed by atoms with Gasteiger partial charge in [-0.15, -0.1) is 0 Å². The summed E-state index contributed by atoms with van der Waals surface area (Å²) >= 11 is 0. The third-order valence-corrected chi connectivity index (χ3v) is 1.52. The summed E-state index contributed by atoms with van der Waals surface area (Å²) in [6.45, 7) is 1.30. The van der Waals surface area contributed by atoms with Gasteiger partial charge in [0.25, 0.3) is 0 Å². The zero-order valence-electron chi connectivity index (χ0n) is 6.69. The van der Waals surface area contributed by atoms with Crippen LogP contribution in [0.15, 0.2) is 0 Å². The molecule has 0 heterocycles. The van der Waals surface area contributed by atoms with Crippen molar-refractivity contribution in [3.05, 3.63) is 0 Å². The number of nitrogens with zero attached hydrogens (tertiary/aromatic N) is 1. The molecule has 4 N–H and O–H groups in total. The molecule has 0 amide bonds. The molecule has 11 heavy (non-hydrogen) atoms. The maximum atomic E-state index is 8.70. The fourth-order valence-electron chi connectivity index (χ4n) is 0.879. The summed E-state index contributed by atoms with van der Waals surface area (Å²) in [7, 11) is 0. The summed E-state index contributed by atoms with van der Waals surface area (Å²) in [5.41, 5.74) is 0. The minimum Gasteiger partial charge on any atom is -0.381 e. The lowest BCUT2D eigenvalue weighted by Gasteiger charge is -2.26. The topological polar surface area (TPSA) is 76.0 Å². The Morgan fingerprint density at radius 1 is 1.27 bits per heavy atom. The standard InChI is InChI=1S/C6H16N2O3/c1-2-6(7-3-9)8(4-10)5-11/h6-7,9-11H,2-5H2,1H3. The fraction of sp³-hybridized carbons (Fsp3) is 1.00. The van der Waals surface area contributed by atoms with E-state index in [2.05, 4.69) is 5.32 Å². The number of aliphatic hydroxyl groups excluding tert-OH is 3. The van der Waals surface area contributed by atoms with Gasteiger partial charge in [0.15, 0.2) is 0 Å². The molecule has 0 aromatic heterocycles. The molecule has 0 radical (unpaired) electrons. The van der Waals surface area contributed by atoms with Gasteiger partial charge >= 0.3 is 0 Å². The predicted molar refractivity (Wildman–Crippen MR) is 40.3 cm³/mol. The first-order valence-corrected chi connectivity index (χ1v) is 3.60. The molecule has 0 saturated heterocycles. The number of rotatable bonds is 6. The van der Waals surface area contributed by atoms with E-state index >= 15 is 0 Å². The van der Waals surface area contributed by atoms with Crippen molar-refractivity contribution in [1.82, 2.24) is 10.2 Å². The van der Waals surface area contributed by atoms with Gasteiger partial charge in [-0.2, -0.15) is 0 Å². The maximum absolute atomic E-state index is 8.70. The van der Waals surface area contributed by atoms with Crippen molar-refractivity contribution in [2.24, 2.45) is 0 Å². The third kappa shape index (κ3) is 3.64. The Hall–Kier alpha value is -0.200. The van der Waals surface area contributed by atoms with Gasteiger partial charge in [-0.25, -0.2) is 4.90 Å². The predicted octanol–water partition coefficient (Wildman–Crippen LogP) is -1.54. The molecule has 0 aliphatic rings. The lowest BCUT2D eigenvalue weighted by molar-refractivity contribution is -0.0214. The van der Waals surface area contributed by atoms with Crippen LogP contribution in [0.1, 0.15) is 13.3 Å². The zero-order valence-corrected chi connectivity index (χ0v) is 6.69. The Labute approximate surface area is 66.3 Å². The van der Waals surface area contributed by atoms with E-state index < -0.39 is 0 Å². The second-order valence-corrected chi connectivity index (χ2v) is 2.16. The van der Waals surface area contributed by atoms with Crippen molar-refractivity contribution in [3.8, 4) is 0 Å². The van der Waals surface area contributed by atoms with Crippen molar-refractivity contribution >= 4 is 0 Å². The molecule has 1 unspecified atom stereocenters. The van der Waals surface area contributed by atoms with Crippen LogP contribution in [0.25, 0.3) is 0 Å². The molecular formula is C6H16N2O3. The van der Waals surface area contributed by atoms with Crippen LogP contribution in [0.3, 0.4) is 0 Å². The van der Waals surface area contributed by atoms with E-state index in [-0.39, 0.29) is 26.4 Å². The highest BCUT2D eigenvalue weighted by Gasteiger charge is 2.12. The molecule has 5 nitrogen and oxygen atoms in total. The zero-order chi connectivity index (χ0) is 8.69. The summed E-state index contributed by atoms with van der Waals surface area (Å²) in [4.78, 5) is 1.40. The number of hydrogen-bond acceptors (Lipinski definition) is 5. The van der Waals surface area contributed by atoms with Crippen molar-refractivity contribution in [2.45, 2.75) is 19.5 Å². The first kappa shape index (κ1) is 10.8. The van der Waals surface area contributed by atoms with Crippen LogP contribution in [0.4, 0.5) is 0 Å². The number of nitrogens with one attached hydrogen (secondary N) is 1. The monoisotopic (exact) mass is 164 g/mol. The van der Waals surface area contributed by atoms with Crippen LogP contribution in [0.2, 0.25) is 0 Å². The van der Waals surface area contributed by atoms with E-state index in [9.17, 15) is 0 Å². The van der Waals surface area contributed by atoms with Crippen LogP contribution in [-0.2, 0) is 0 Å². The molecule has 0 aliphatic carbocycles. The van der Waals surface area contributed by atoms with Crippen LogP contribution >= 0.6 is 0 Å². The fourth-order valence-corrected chi connectivity index (χ4v) is 0.879. The molecule has 0 spiro atoms. The van der Waals surface area contributed by atoms with Crippen LogP contribution < -0.4 is 5.32 Å². The van der Waals surface area contributed by atoms with E-state index in [1.807, 2.05) is 6.92 Å². The quantitative estimate of drug-likeness (QED) is 0.358. The molecule has 5 heteroatoms. The van der Waals surface area contributed by atoms with Gasteiger partial charge in [0.1, 0.15) is 0 Å². The molecule has 0 rings (SSSR count). The Kier molecular flexibility index (Phi) is 6.39. The number of aliphatic hydroxyl groups is 3. The van der Waals surface area contributed by atoms with Crippen molar-refractivity contribution < 1.29 is 15.3 Å². The van der Waals surface area contributed by atoms with Gasteiger partial charge < -0.3 is 15.3 Å². The molecular weight excluding hydrogens is 148 g/mol. The molecule has 0 fully saturated rings. The average molecular weight is 164 g/mol. The first-order chi connectivity index (χ1) is 5.29. The molecule has 0 aromatic rings. The molecule has 68 valence electrons. The Balaban J connectivity index is 3.76. The minimum atomic E-state index is -0.220. The van der Waals surface area contributed by atoms with Crippen LogP contribution in [0.5, 0.6) is 0 Å². The SMILES string of the molecule is CCC(NCO)N(CO)CO. The van der Waals surface area contributed by atoms with Gasteiger partial charge in [0.05, 0.1) is 26.4 Å². The van der Waals surface area contributed by atoms with Gasteiger partial charge in [-0.05, 0) is 6.42 Å². The van der Waals surface area contributed by atoms with Gasteiger partial charge in [0, 0.05) is 0 Å². The molecule has 0 aromatic carbocycles. The van der Waals surface area contributed by atoms with E-state index in [0.29, 0.717) is 6.42 Å². The largest absolute Gasteiger partial charge is 0.381 e. The molecule has 0 saturated carbocycles. The summed E-state index contributed by atoms with van der Waals surface area (Å²) in [6, 6.07) is 0. The second kappa shape index (κ2) is 6.51. The molecule has 1 atom stereocenters. The highest BCUT2D eigenvalue weighted by atomic mass is 16.3. The Morgan fingerprint density at radius 2 is 1.82 bits per heavy atom. The van der Waals surface area contributed by atoms with E-state index in [1.54, 1.807) is 0 Å². The lowest BCUT2D eigenvalue weighted by atomic mass is 10.3. The Morgan fingerprint density at radius 3 is 2.09 bits per heavy atom. The smallest absolute Gasteiger partial charge is 0.0987 e. The maximum Gasteiger partial charge on any atom is 0.0987 e. The van der Waals surface area contributed by atoms with Gasteiger partial charge in [-0.1, -0.05) is 6.92 Å². The highest BCUT2D eigenvalue weighted by molar-refractivity contribution is 4.60. The van der Waals surface area contributed by atoms with E-state index in [0.717, 1.165) is 0 Å². The molecule has 0 bridgehead atoms. The molecule has 0 aliphatic heterocycles. The summed E-state index contributed by atoms with van der Waals surface area (Å²) in [6.07, 6.45) is 0.539. The average Bonchev–Trinajstić information content (AvgIpc) is 2.05. The van der Waals surface area contributed by atoms with Gasteiger partial charge in [-0.3, -0.25) is 5.32 Å². The van der Waals surface area contributed by atoms with E-state index in [4.69, 9.17) is 15.3 Å². The van der Waals surface area contributed by atoms with Crippen LogP contribution in [-0.4, -0.2) is 46.6 Å². The van der Waals surface area contributed by atoms with E-state index in [1.165, 1.54) is 4.90 Å². The summed E-state index contributed by atoms with van der Waals surface area (Å²) < 4.78 is 0. The van der Waals surface area contributed by atoms with Crippen LogP contribution in [0, 0.1) is 0 Å². The lowest BCUT2D eigenvalue weighted by Crippen LogP contribution is -2.46. The Bertz CT molecular complexity index is 87.9. The number of hydrogen-bond donors (Lipinski definition) is 4. The van der Waals surface area contributed by atoms with Gasteiger partial charge in [0.2, 0.25) is 0 Å². The van der Waals surface area contributed by atoms with Crippen molar-refractivity contribution in [2.75, 3.05) is 20.2 Å². The first-order valence-electron chi connectivity index (χ1n) is 3.60.